The minimum absolute atomic E-state index is 0.112. The molecule has 0 saturated heterocycles. The van der Waals surface area contributed by atoms with Gasteiger partial charge in [0.25, 0.3) is 5.56 Å². The molecule has 2 aromatic rings. The second-order valence-corrected chi connectivity index (χ2v) is 4.52. The van der Waals surface area contributed by atoms with E-state index in [0.29, 0.717) is 10.7 Å². The fourth-order valence-electron chi connectivity index (χ4n) is 1.37. The summed E-state index contributed by atoms with van der Waals surface area (Å²) in [5, 5.41) is 1.91. The second kappa shape index (κ2) is 6.01. The first kappa shape index (κ1) is 13.1. The van der Waals surface area contributed by atoms with E-state index in [9.17, 15) is 9.59 Å². The van der Waals surface area contributed by atoms with Gasteiger partial charge in [-0.15, -0.1) is 0 Å². The number of nitrogens with zero attached hydrogens (tertiary/aromatic N) is 1. The van der Waals surface area contributed by atoms with E-state index < -0.39 is 0 Å². The van der Waals surface area contributed by atoms with Crippen LogP contribution in [-0.2, 0) is 0 Å². The van der Waals surface area contributed by atoms with Crippen LogP contribution in [0.4, 0.5) is 5.82 Å². The molecule has 0 radical (unpaired) electrons. The predicted molar refractivity (Wildman–Crippen MR) is 75.0 cm³/mol. The number of carbonyl (C=O) groups is 1. The zero-order valence-electron chi connectivity index (χ0n) is 9.87. The predicted octanol–water partition coefficient (Wildman–Crippen LogP) is 1.84. The largest absolute Gasteiger partial charge is 0.383 e. The Kier molecular flexibility index (Phi) is 4.15. The number of benzene rings is 1. The number of aromatic amines is 1. The Balaban J connectivity index is 2.04. The second-order valence-electron chi connectivity index (χ2n) is 3.63. The van der Waals surface area contributed by atoms with Crippen molar-refractivity contribution in [2.45, 2.75) is 5.16 Å². The summed E-state index contributed by atoms with van der Waals surface area (Å²) < 4.78 is 0. The highest BCUT2D eigenvalue weighted by Gasteiger charge is 2.00. The SMILES string of the molecule is Nc1cc(=O)[nH]c(S/C=C\C(=O)c2ccccc2)n1. The lowest BCUT2D eigenvalue weighted by molar-refractivity contribution is 0.104. The van der Waals surface area contributed by atoms with Gasteiger partial charge in [0.05, 0.1) is 0 Å². The summed E-state index contributed by atoms with van der Waals surface area (Å²) in [6.07, 6.45) is 1.42. The summed E-state index contributed by atoms with van der Waals surface area (Å²) in [4.78, 5) is 29.3. The summed E-state index contributed by atoms with van der Waals surface area (Å²) >= 11 is 1.12. The number of hydrogen-bond acceptors (Lipinski definition) is 5. The van der Waals surface area contributed by atoms with Crippen molar-refractivity contribution >= 4 is 23.4 Å². The molecule has 0 aliphatic heterocycles. The first-order valence-electron chi connectivity index (χ1n) is 5.44. The highest BCUT2D eigenvalue weighted by atomic mass is 32.2. The molecular weight excluding hydrogens is 262 g/mol. The third kappa shape index (κ3) is 3.82. The normalized spacial score (nSPS) is 10.7. The number of aromatic nitrogens is 2. The summed E-state index contributed by atoms with van der Waals surface area (Å²) in [6, 6.07) is 10.1. The number of hydrogen-bond donors (Lipinski definition) is 2. The summed E-state index contributed by atoms with van der Waals surface area (Å²) in [5.74, 6) is 0.0355. The van der Waals surface area contributed by atoms with Gasteiger partial charge in [-0.2, -0.15) is 0 Å². The van der Waals surface area contributed by atoms with E-state index >= 15 is 0 Å². The maximum absolute atomic E-state index is 11.8. The first-order chi connectivity index (χ1) is 9.15. The molecule has 6 heteroatoms. The van der Waals surface area contributed by atoms with E-state index in [1.807, 2.05) is 6.07 Å². The Morgan fingerprint density at radius 3 is 2.74 bits per heavy atom. The van der Waals surface area contributed by atoms with Crippen molar-refractivity contribution in [2.24, 2.45) is 0 Å². The molecule has 0 aliphatic carbocycles. The van der Waals surface area contributed by atoms with E-state index in [0.717, 1.165) is 11.8 Å². The van der Waals surface area contributed by atoms with Gasteiger partial charge in [-0.25, -0.2) is 4.98 Å². The molecule has 0 spiro atoms. The number of carbonyl (C=O) groups excluding carboxylic acids is 1. The number of thioether (sulfide) groups is 1. The summed E-state index contributed by atoms with van der Waals surface area (Å²) in [5.41, 5.74) is 5.73. The maximum Gasteiger partial charge on any atom is 0.253 e. The number of rotatable bonds is 4. The van der Waals surface area contributed by atoms with Crippen molar-refractivity contribution in [3.8, 4) is 0 Å². The van der Waals surface area contributed by atoms with E-state index in [1.165, 1.54) is 12.1 Å². The molecule has 19 heavy (non-hydrogen) atoms. The van der Waals surface area contributed by atoms with E-state index in [4.69, 9.17) is 5.73 Å². The highest BCUT2D eigenvalue weighted by Crippen LogP contribution is 2.13. The number of H-pyrrole nitrogens is 1. The molecule has 1 aromatic carbocycles. The molecule has 0 bridgehead atoms. The number of nitrogens with one attached hydrogen (secondary N) is 1. The molecule has 0 amide bonds. The van der Waals surface area contributed by atoms with Crippen LogP contribution in [0.2, 0.25) is 0 Å². The standard InChI is InChI=1S/C13H11N3O2S/c14-11-8-12(18)16-13(15-11)19-7-6-10(17)9-4-2-1-3-5-9/h1-8H,(H3,14,15,16,18)/b7-6-. The van der Waals surface area contributed by atoms with Crippen LogP contribution < -0.4 is 11.3 Å². The Hall–Kier alpha value is -2.34. The quantitative estimate of drug-likeness (QED) is 0.384. The lowest BCUT2D eigenvalue weighted by Crippen LogP contribution is -2.08. The fraction of sp³-hybridized carbons (Fsp3) is 0. The van der Waals surface area contributed by atoms with Crippen LogP contribution >= 0.6 is 11.8 Å². The van der Waals surface area contributed by atoms with Crippen molar-refractivity contribution in [3.05, 3.63) is 63.8 Å². The monoisotopic (exact) mass is 273 g/mol. The number of allylic oxidation sites excluding steroid dienone is 1. The number of ketones is 1. The summed E-state index contributed by atoms with van der Waals surface area (Å²) in [7, 11) is 0. The Morgan fingerprint density at radius 2 is 2.05 bits per heavy atom. The fourth-order valence-corrected chi connectivity index (χ4v) is 2.01. The van der Waals surface area contributed by atoms with Gasteiger partial charge < -0.3 is 10.7 Å². The lowest BCUT2D eigenvalue weighted by atomic mass is 10.1. The molecule has 2 rings (SSSR count). The zero-order chi connectivity index (χ0) is 13.7. The molecule has 1 aromatic heterocycles. The first-order valence-corrected chi connectivity index (χ1v) is 6.32. The summed E-state index contributed by atoms with van der Waals surface area (Å²) in [6.45, 7) is 0. The minimum atomic E-state index is -0.321. The van der Waals surface area contributed by atoms with E-state index in [2.05, 4.69) is 9.97 Å². The molecular formula is C13H11N3O2S. The maximum atomic E-state index is 11.8. The Labute approximate surface area is 113 Å². The number of nitrogens with two attached hydrogens (primary N) is 1. The lowest BCUT2D eigenvalue weighted by Gasteiger charge is -1.97. The third-order valence-electron chi connectivity index (χ3n) is 2.20. The average Bonchev–Trinajstić information content (AvgIpc) is 2.38. The van der Waals surface area contributed by atoms with Crippen molar-refractivity contribution in [1.82, 2.24) is 9.97 Å². The van der Waals surface area contributed by atoms with Crippen LogP contribution in [0, 0.1) is 0 Å². The van der Waals surface area contributed by atoms with Crippen molar-refractivity contribution < 1.29 is 4.79 Å². The van der Waals surface area contributed by atoms with E-state index in [-0.39, 0.29) is 17.2 Å². The van der Waals surface area contributed by atoms with Gasteiger partial charge in [0, 0.05) is 11.6 Å². The molecule has 1 heterocycles. The average molecular weight is 273 g/mol. The van der Waals surface area contributed by atoms with Crippen LogP contribution in [-0.4, -0.2) is 15.8 Å². The van der Waals surface area contributed by atoms with Gasteiger partial charge in [-0.3, -0.25) is 9.59 Å². The highest BCUT2D eigenvalue weighted by molar-refractivity contribution is 8.02. The molecule has 0 aliphatic rings. The van der Waals surface area contributed by atoms with Crippen LogP contribution in [0.25, 0.3) is 0 Å². The van der Waals surface area contributed by atoms with Gasteiger partial charge in [0.15, 0.2) is 10.9 Å². The number of anilines is 1. The Bertz CT molecular complexity index is 665. The van der Waals surface area contributed by atoms with Gasteiger partial charge >= 0.3 is 0 Å². The van der Waals surface area contributed by atoms with Crippen molar-refractivity contribution in [3.63, 3.8) is 0 Å². The topological polar surface area (TPSA) is 88.8 Å². The molecule has 0 atom stereocenters. The van der Waals surface area contributed by atoms with Crippen LogP contribution in [0.3, 0.4) is 0 Å². The van der Waals surface area contributed by atoms with E-state index in [1.54, 1.807) is 29.7 Å². The van der Waals surface area contributed by atoms with Gasteiger partial charge in [0.1, 0.15) is 5.82 Å². The van der Waals surface area contributed by atoms with Crippen LogP contribution in [0.1, 0.15) is 10.4 Å². The molecule has 0 saturated carbocycles. The Morgan fingerprint density at radius 1 is 1.32 bits per heavy atom. The smallest absolute Gasteiger partial charge is 0.253 e. The van der Waals surface area contributed by atoms with Crippen molar-refractivity contribution in [1.29, 1.82) is 0 Å². The zero-order valence-corrected chi connectivity index (χ0v) is 10.7. The van der Waals surface area contributed by atoms with Gasteiger partial charge in [-0.05, 0) is 11.5 Å². The molecule has 3 N–H and O–H groups in total. The van der Waals surface area contributed by atoms with Crippen LogP contribution in [0.15, 0.2) is 57.8 Å². The van der Waals surface area contributed by atoms with Crippen molar-refractivity contribution in [2.75, 3.05) is 5.73 Å². The third-order valence-corrected chi connectivity index (χ3v) is 2.89. The minimum Gasteiger partial charge on any atom is -0.383 e. The van der Waals surface area contributed by atoms with Crippen LogP contribution in [0.5, 0.6) is 0 Å². The molecule has 0 fully saturated rings. The molecule has 5 nitrogen and oxygen atoms in total. The molecule has 96 valence electrons. The van der Waals surface area contributed by atoms with Gasteiger partial charge in [0.2, 0.25) is 0 Å². The van der Waals surface area contributed by atoms with Gasteiger partial charge in [-0.1, -0.05) is 42.1 Å². The number of nitrogen functional groups attached to an aromatic ring is 1. The molecule has 0 unspecified atom stereocenters.